The van der Waals surface area contributed by atoms with Crippen molar-refractivity contribution >= 4 is 33.0 Å². The van der Waals surface area contributed by atoms with Crippen molar-refractivity contribution in [2.45, 2.75) is 32.2 Å². The van der Waals surface area contributed by atoms with Crippen LogP contribution >= 0.6 is 11.3 Å². The summed E-state index contributed by atoms with van der Waals surface area (Å²) < 4.78 is 41.4. The number of carbonyl (C=O) groups is 1. The molecule has 152 valence electrons. The van der Waals surface area contributed by atoms with E-state index >= 15 is 0 Å². The van der Waals surface area contributed by atoms with Crippen LogP contribution in [0, 0.1) is 26.6 Å². The fraction of sp³-hybridized carbons (Fsp3) is 0.211. The van der Waals surface area contributed by atoms with E-state index < -0.39 is 21.7 Å². The molecule has 1 amide bonds. The predicted molar refractivity (Wildman–Crippen MR) is 109 cm³/mol. The summed E-state index contributed by atoms with van der Waals surface area (Å²) in [6, 6.07) is 9.20. The van der Waals surface area contributed by atoms with E-state index in [9.17, 15) is 17.6 Å². The summed E-state index contributed by atoms with van der Waals surface area (Å²) in [5.74, 6) is -1.19. The summed E-state index contributed by atoms with van der Waals surface area (Å²) in [5, 5.41) is 10.3. The zero-order chi connectivity index (χ0) is 21.2. The molecule has 0 aliphatic carbocycles. The van der Waals surface area contributed by atoms with Gasteiger partial charge in [0.25, 0.3) is 5.91 Å². The maximum absolute atomic E-state index is 13.6. The molecule has 2 aromatic carbocycles. The third kappa shape index (κ3) is 4.84. The molecule has 2 N–H and O–H groups in total. The van der Waals surface area contributed by atoms with Gasteiger partial charge in [0.1, 0.15) is 10.8 Å². The molecule has 3 rings (SSSR count). The van der Waals surface area contributed by atoms with E-state index in [0.29, 0.717) is 10.6 Å². The molecule has 1 heterocycles. The minimum Gasteiger partial charge on any atom is -0.317 e. The monoisotopic (exact) mass is 434 g/mol. The summed E-state index contributed by atoms with van der Waals surface area (Å²) in [6.07, 6.45) is 0. The number of halogens is 1. The van der Waals surface area contributed by atoms with E-state index in [0.717, 1.165) is 22.5 Å². The van der Waals surface area contributed by atoms with Crippen molar-refractivity contribution < 1.29 is 17.6 Å². The Morgan fingerprint density at radius 2 is 1.76 bits per heavy atom. The predicted octanol–water partition coefficient (Wildman–Crippen LogP) is 3.33. The van der Waals surface area contributed by atoms with E-state index in [2.05, 4.69) is 20.2 Å². The van der Waals surface area contributed by atoms with E-state index in [4.69, 9.17) is 0 Å². The lowest BCUT2D eigenvalue weighted by Gasteiger charge is -2.11. The summed E-state index contributed by atoms with van der Waals surface area (Å²) in [5.41, 5.74) is 2.55. The van der Waals surface area contributed by atoms with E-state index in [1.807, 2.05) is 19.9 Å². The first kappa shape index (κ1) is 21.0. The van der Waals surface area contributed by atoms with Gasteiger partial charge in [-0.3, -0.25) is 4.79 Å². The van der Waals surface area contributed by atoms with Gasteiger partial charge < -0.3 is 5.32 Å². The number of anilines is 1. The van der Waals surface area contributed by atoms with Gasteiger partial charge >= 0.3 is 0 Å². The topological polar surface area (TPSA) is 101 Å². The van der Waals surface area contributed by atoms with Gasteiger partial charge in [0.05, 0.1) is 17.1 Å². The van der Waals surface area contributed by atoms with Crippen molar-refractivity contribution in [2.24, 2.45) is 0 Å². The SMILES string of the molecule is Cc1cc(C)c(S(=O)(=O)NCc2nnc(C(=O)Nc3ccccc3F)s2)cc1C. The van der Waals surface area contributed by atoms with Gasteiger partial charge in [-0.25, -0.2) is 17.5 Å². The van der Waals surface area contributed by atoms with Gasteiger partial charge in [0.15, 0.2) is 0 Å². The number of para-hydroxylation sites is 1. The molecule has 0 saturated heterocycles. The number of nitrogens with one attached hydrogen (secondary N) is 2. The molecule has 0 aliphatic heterocycles. The lowest BCUT2D eigenvalue weighted by Crippen LogP contribution is -2.24. The number of aromatic nitrogens is 2. The van der Waals surface area contributed by atoms with Crippen LogP contribution in [0.5, 0.6) is 0 Å². The average Bonchev–Trinajstić information content (AvgIpc) is 3.14. The highest BCUT2D eigenvalue weighted by Crippen LogP contribution is 2.21. The number of amides is 1. The Kier molecular flexibility index (Phi) is 6.06. The van der Waals surface area contributed by atoms with Gasteiger partial charge in [-0.1, -0.05) is 29.5 Å². The Bertz CT molecular complexity index is 1180. The highest BCUT2D eigenvalue weighted by Gasteiger charge is 2.20. The number of rotatable bonds is 6. The van der Waals surface area contributed by atoms with Gasteiger partial charge in [-0.15, -0.1) is 10.2 Å². The molecule has 0 atom stereocenters. The molecular formula is C19H19FN4O3S2. The van der Waals surface area contributed by atoms with Crippen molar-refractivity contribution in [3.05, 3.63) is 68.9 Å². The molecule has 0 unspecified atom stereocenters. The summed E-state index contributed by atoms with van der Waals surface area (Å²) in [6.45, 7) is 5.39. The third-order valence-electron chi connectivity index (χ3n) is 4.28. The maximum atomic E-state index is 13.6. The quantitative estimate of drug-likeness (QED) is 0.620. The molecule has 0 spiro atoms. The molecule has 0 saturated carbocycles. The van der Waals surface area contributed by atoms with Crippen LogP contribution in [0.3, 0.4) is 0 Å². The first-order valence-electron chi connectivity index (χ1n) is 8.63. The highest BCUT2D eigenvalue weighted by molar-refractivity contribution is 7.89. The number of nitrogens with zero attached hydrogens (tertiary/aromatic N) is 2. The van der Waals surface area contributed by atoms with Crippen LogP contribution in [0.1, 0.15) is 31.5 Å². The molecular weight excluding hydrogens is 415 g/mol. The fourth-order valence-electron chi connectivity index (χ4n) is 2.61. The van der Waals surface area contributed by atoms with Crippen molar-refractivity contribution in [2.75, 3.05) is 5.32 Å². The average molecular weight is 435 g/mol. The van der Waals surface area contributed by atoms with Crippen LogP contribution in [-0.2, 0) is 16.6 Å². The summed E-state index contributed by atoms with van der Waals surface area (Å²) >= 11 is 0.928. The molecule has 7 nitrogen and oxygen atoms in total. The zero-order valence-electron chi connectivity index (χ0n) is 16.0. The Balaban J connectivity index is 1.70. The van der Waals surface area contributed by atoms with Crippen LogP contribution < -0.4 is 10.0 Å². The maximum Gasteiger partial charge on any atom is 0.286 e. The van der Waals surface area contributed by atoms with Crippen molar-refractivity contribution in [3.63, 3.8) is 0 Å². The summed E-state index contributed by atoms with van der Waals surface area (Å²) in [7, 11) is -3.75. The molecule has 3 aromatic rings. The smallest absolute Gasteiger partial charge is 0.286 e. The van der Waals surface area contributed by atoms with Crippen LogP contribution in [-0.4, -0.2) is 24.5 Å². The Morgan fingerprint density at radius 3 is 2.48 bits per heavy atom. The van der Waals surface area contributed by atoms with Crippen molar-refractivity contribution in [1.29, 1.82) is 0 Å². The molecule has 0 bridgehead atoms. The minimum absolute atomic E-state index is 0.00446. The standard InChI is InChI=1S/C19H19FN4O3S2/c1-11-8-13(3)16(9-12(11)2)29(26,27)21-10-17-23-24-19(28-17)18(25)22-15-7-5-4-6-14(15)20/h4-9,21H,10H2,1-3H3,(H,22,25). The van der Waals surface area contributed by atoms with Gasteiger partial charge in [0, 0.05) is 0 Å². The molecule has 0 fully saturated rings. The summed E-state index contributed by atoms with van der Waals surface area (Å²) in [4.78, 5) is 12.4. The van der Waals surface area contributed by atoms with E-state index in [-0.39, 0.29) is 22.1 Å². The van der Waals surface area contributed by atoms with Crippen LogP contribution in [0.4, 0.5) is 10.1 Å². The number of aryl methyl sites for hydroxylation is 3. The van der Waals surface area contributed by atoms with Gasteiger partial charge in [0.2, 0.25) is 15.0 Å². The zero-order valence-corrected chi connectivity index (χ0v) is 17.6. The first-order valence-corrected chi connectivity index (χ1v) is 10.9. The number of hydrogen-bond acceptors (Lipinski definition) is 6. The van der Waals surface area contributed by atoms with Crippen LogP contribution in [0.15, 0.2) is 41.3 Å². The lowest BCUT2D eigenvalue weighted by atomic mass is 10.1. The Labute approximate surface area is 172 Å². The molecule has 29 heavy (non-hydrogen) atoms. The van der Waals surface area contributed by atoms with Gasteiger partial charge in [-0.2, -0.15) is 0 Å². The Hall–Kier alpha value is -2.69. The minimum atomic E-state index is -3.75. The number of sulfonamides is 1. The van der Waals surface area contributed by atoms with Crippen LogP contribution in [0.2, 0.25) is 0 Å². The third-order valence-corrected chi connectivity index (χ3v) is 6.74. The second-order valence-corrected chi connectivity index (χ2v) is 9.26. The fourth-order valence-corrected chi connectivity index (χ4v) is 4.68. The Morgan fingerprint density at radius 1 is 1.07 bits per heavy atom. The number of benzene rings is 2. The van der Waals surface area contributed by atoms with E-state index in [1.54, 1.807) is 19.1 Å². The largest absolute Gasteiger partial charge is 0.317 e. The lowest BCUT2D eigenvalue weighted by molar-refractivity contribution is 0.102. The van der Waals surface area contributed by atoms with Crippen molar-refractivity contribution in [3.8, 4) is 0 Å². The molecule has 10 heteroatoms. The second kappa shape index (κ2) is 8.36. The molecule has 1 aromatic heterocycles. The first-order chi connectivity index (χ1) is 13.7. The second-order valence-electron chi connectivity index (χ2n) is 6.46. The van der Waals surface area contributed by atoms with E-state index in [1.165, 1.54) is 18.2 Å². The molecule has 0 radical (unpaired) electrons. The number of hydrogen-bond donors (Lipinski definition) is 2. The van der Waals surface area contributed by atoms with Crippen molar-refractivity contribution in [1.82, 2.24) is 14.9 Å². The normalized spacial score (nSPS) is 11.4. The number of carbonyl (C=O) groups excluding carboxylic acids is 1. The van der Waals surface area contributed by atoms with Crippen LogP contribution in [0.25, 0.3) is 0 Å². The molecule has 0 aliphatic rings. The highest BCUT2D eigenvalue weighted by atomic mass is 32.2. The van der Waals surface area contributed by atoms with Gasteiger partial charge in [-0.05, 0) is 55.7 Å².